The van der Waals surface area contributed by atoms with E-state index in [0.717, 1.165) is 17.7 Å². The lowest BCUT2D eigenvalue weighted by Gasteiger charge is -2.28. The molecule has 1 aromatic rings. The third-order valence-electron chi connectivity index (χ3n) is 2.99. The molecule has 0 amide bonds. The van der Waals surface area contributed by atoms with Crippen LogP contribution in [0.25, 0.3) is 0 Å². The molecule has 7 heteroatoms. The van der Waals surface area contributed by atoms with Crippen LogP contribution < -0.4 is 11.0 Å². The molecular formula is C12H23BN2O3S. The van der Waals surface area contributed by atoms with Crippen molar-refractivity contribution >= 4 is 18.4 Å². The van der Waals surface area contributed by atoms with Gasteiger partial charge >= 0.3 is 7.05 Å². The molecule has 1 heterocycles. The number of nitrogens with one attached hydrogen (secondary N) is 1. The van der Waals surface area contributed by atoms with E-state index in [1.807, 2.05) is 11.4 Å². The highest BCUT2D eigenvalue weighted by molar-refractivity contribution is 7.10. The van der Waals surface area contributed by atoms with Crippen molar-refractivity contribution in [3.05, 3.63) is 22.4 Å². The normalized spacial score (nSPS) is 16.1. The van der Waals surface area contributed by atoms with E-state index in [0.29, 0.717) is 13.0 Å². The molecule has 0 aliphatic rings. The fourth-order valence-corrected chi connectivity index (χ4v) is 2.77. The third kappa shape index (κ3) is 5.60. The van der Waals surface area contributed by atoms with E-state index >= 15 is 0 Å². The third-order valence-corrected chi connectivity index (χ3v) is 3.94. The molecule has 0 radical (unpaired) electrons. The van der Waals surface area contributed by atoms with Gasteiger partial charge in [-0.15, -0.1) is 11.3 Å². The van der Waals surface area contributed by atoms with E-state index in [4.69, 9.17) is 5.73 Å². The second-order valence-corrected chi connectivity index (χ2v) is 5.66. The van der Waals surface area contributed by atoms with E-state index < -0.39 is 19.3 Å². The summed E-state index contributed by atoms with van der Waals surface area (Å²) in [5, 5.41) is 34.5. The van der Waals surface area contributed by atoms with Gasteiger partial charge < -0.3 is 26.2 Å². The van der Waals surface area contributed by atoms with Crippen LogP contribution in [-0.4, -0.2) is 41.0 Å². The lowest BCUT2D eigenvalue weighted by Crippen LogP contribution is -2.48. The number of nitrogens with two attached hydrogens (primary N) is 1. The maximum Gasteiger partial charge on any atom is 0.373 e. The minimum absolute atomic E-state index is 0.358. The van der Waals surface area contributed by atoms with Crippen molar-refractivity contribution in [3.63, 3.8) is 0 Å². The molecular weight excluding hydrogens is 263 g/mol. The Bertz CT molecular complexity index is 338. The number of hydrogen-bond donors (Lipinski definition) is 5. The molecule has 3 atom stereocenters. The van der Waals surface area contributed by atoms with Gasteiger partial charge in [-0.25, -0.2) is 0 Å². The lowest BCUT2D eigenvalue weighted by molar-refractivity contribution is -0.00178. The number of aliphatic hydroxyl groups is 2. The minimum Gasteiger partial charge on any atom is -0.437 e. The number of thiophene rings is 1. The predicted molar refractivity (Wildman–Crippen MR) is 79.0 cm³/mol. The first kappa shape index (κ1) is 16.6. The summed E-state index contributed by atoms with van der Waals surface area (Å²) < 4.78 is 0. The summed E-state index contributed by atoms with van der Waals surface area (Å²) in [4.78, 5) is 0.726. The van der Waals surface area contributed by atoms with Gasteiger partial charge in [0.05, 0.1) is 6.10 Å². The Morgan fingerprint density at radius 2 is 2.16 bits per heavy atom. The van der Waals surface area contributed by atoms with Crippen molar-refractivity contribution in [2.24, 2.45) is 5.73 Å². The van der Waals surface area contributed by atoms with Gasteiger partial charge in [-0.2, -0.15) is 0 Å². The van der Waals surface area contributed by atoms with Crippen LogP contribution in [0.4, 0.5) is 0 Å². The Kier molecular flexibility index (Phi) is 7.59. The van der Waals surface area contributed by atoms with Crippen molar-refractivity contribution in [3.8, 4) is 0 Å². The molecule has 3 unspecified atom stereocenters. The molecule has 5 nitrogen and oxygen atoms in total. The summed E-state index contributed by atoms with van der Waals surface area (Å²) in [6.07, 6.45) is 0.473. The number of hydrogen-bond acceptors (Lipinski definition) is 6. The van der Waals surface area contributed by atoms with Crippen LogP contribution >= 0.6 is 11.3 Å². The van der Waals surface area contributed by atoms with E-state index in [1.54, 1.807) is 12.9 Å². The number of rotatable bonds is 9. The molecule has 0 aliphatic carbocycles. The molecule has 1 aromatic heterocycles. The quantitative estimate of drug-likeness (QED) is 0.333. The second kappa shape index (κ2) is 8.68. The summed E-state index contributed by atoms with van der Waals surface area (Å²) in [6, 6.07) is 3.27. The molecule has 0 fully saturated rings. The van der Waals surface area contributed by atoms with Gasteiger partial charge in [0.15, 0.2) is 0 Å². The monoisotopic (exact) mass is 286 g/mol. The van der Waals surface area contributed by atoms with E-state index in [1.165, 1.54) is 11.3 Å². The maximum atomic E-state index is 10.2. The van der Waals surface area contributed by atoms with Crippen LogP contribution in [0, 0.1) is 0 Å². The molecule has 0 bridgehead atoms. The van der Waals surface area contributed by atoms with Crippen LogP contribution in [0.15, 0.2) is 17.5 Å². The molecule has 6 N–H and O–H groups in total. The number of unbranched alkanes of at least 4 members (excludes halogenated alkanes) is 1. The van der Waals surface area contributed by atoms with Crippen LogP contribution in [0.5, 0.6) is 0 Å². The summed E-state index contributed by atoms with van der Waals surface area (Å²) in [6.45, 7) is 2.20. The molecule has 0 saturated heterocycles. The van der Waals surface area contributed by atoms with Crippen LogP contribution in [0.2, 0.25) is 6.82 Å². The zero-order chi connectivity index (χ0) is 14.3. The molecule has 0 spiro atoms. The Morgan fingerprint density at radius 3 is 2.68 bits per heavy atom. The summed E-state index contributed by atoms with van der Waals surface area (Å²) in [5.41, 5.74) is 5.45. The van der Waals surface area contributed by atoms with Crippen molar-refractivity contribution < 1.29 is 15.2 Å². The zero-order valence-corrected chi connectivity index (χ0v) is 12.0. The first-order valence-corrected chi connectivity index (χ1v) is 7.48. The topological polar surface area (TPSA) is 98.7 Å². The molecule has 0 aromatic carbocycles. The van der Waals surface area contributed by atoms with Crippen molar-refractivity contribution in [2.75, 3.05) is 6.54 Å². The zero-order valence-electron chi connectivity index (χ0n) is 11.2. The fourth-order valence-electron chi connectivity index (χ4n) is 2.02. The van der Waals surface area contributed by atoms with Crippen LogP contribution in [-0.2, 0) is 0 Å². The minimum atomic E-state index is -0.953. The fraction of sp³-hybridized carbons (Fsp3) is 0.667. The Hall–Kier alpha value is -0.435. The predicted octanol–water partition coefficient (Wildman–Crippen LogP) is 0.340. The lowest BCUT2D eigenvalue weighted by atomic mass is 9.84. The van der Waals surface area contributed by atoms with Gasteiger partial charge in [0.1, 0.15) is 6.10 Å². The van der Waals surface area contributed by atoms with E-state index in [-0.39, 0.29) is 6.04 Å². The molecule has 1 rings (SSSR count). The van der Waals surface area contributed by atoms with E-state index in [9.17, 15) is 15.2 Å². The summed E-state index contributed by atoms with van der Waals surface area (Å²) >= 11 is 1.40. The average molecular weight is 286 g/mol. The highest BCUT2D eigenvalue weighted by atomic mass is 32.1. The van der Waals surface area contributed by atoms with Gasteiger partial charge in [0.25, 0.3) is 0 Å². The van der Waals surface area contributed by atoms with Gasteiger partial charge in [-0.3, -0.25) is 0 Å². The van der Waals surface area contributed by atoms with Crippen molar-refractivity contribution in [1.82, 2.24) is 5.23 Å². The first-order chi connectivity index (χ1) is 9.06. The SMILES string of the molecule is CB(O)NC(CCCCN)C(O)C(O)c1cccs1. The van der Waals surface area contributed by atoms with Crippen molar-refractivity contribution in [1.29, 1.82) is 0 Å². The van der Waals surface area contributed by atoms with E-state index in [2.05, 4.69) is 5.23 Å². The largest absolute Gasteiger partial charge is 0.437 e. The highest BCUT2D eigenvalue weighted by Gasteiger charge is 2.28. The molecule has 0 aliphatic heterocycles. The highest BCUT2D eigenvalue weighted by Crippen LogP contribution is 2.25. The summed E-state index contributed by atoms with van der Waals surface area (Å²) in [7, 11) is -0.729. The Labute approximate surface area is 118 Å². The Balaban J connectivity index is 2.61. The maximum absolute atomic E-state index is 10.2. The van der Waals surface area contributed by atoms with Gasteiger partial charge in [0, 0.05) is 10.9 Å². The van der Waals surface area contributed by atoms with Crippen LogP contribution in [0.1, 0.15) is 30.2 Å². The smallest absolute Gasteiger partial charge is 0.373 e. The number of aliphatic hydroxyl groups excluding tert-OH is 2. The first-order valence-electron chi connectivity index (χ1n) is 6.60. The second-order valence-electron chi connectivity index (χ2n) is 4.68. The van der Waals surface area contributed by atoms with Crippen LogP contribution in [0.3, 0.4) is 0 Å². The van der Waals surface area contributed by atoms with Crippen molar-refractivity contribution in [2.45, 2.75) is 44.3 Å². The summed E-state index contributed by atoms with van der Waals surface area (Å²) in [5.74, 6) is 0. The molecule has 19 heavy (non-hydrogen) atoms. The standard InChI is InChI=1S/C12H23BN2O3S/c1-13(18)15-9(5-2-3-7-14)11(16)12(17)10-6-4-8-19-10/h4,6,8-9,11-12,15-18H,2-3,5,7,14H2,1H3. The molecule has 108 valence electrons. The van der Waals surface area contributed by atoms with Gasteiger partial charge in [-0.05, 0) is 37.7 Å². The Morgan fingerprint density at radius 1 is 1.42 bits per heavy atom. The average Bonchev–Trinajstić information content (AvgIpc) is 2.89. The van der Waals surface area contributed by atoms with Gasteiger partial charge in [0.2, 0.25) is 0 Å². The van der Waals surface area contributed by atoms with Gasteiger partial charge in [-0.1, -0.05) is 12.5 Å². The molecule has 0 saturated carbocycles.